The summed E-state index contributed by atoms with van der Waals surface area (Å²) >= 11 is 0. The lowest BCUT2D eigenvalue weighted by Gasteiger charge is -2.25. The number of benzene rings is 2. The largest absolute Gasteiger partial charge is 0.353 e. The number of nitrogens with one attached hydrogen (secondary N) is 1. The van der Waals surface area contributed by atoms with E-state index in [1.807, 2.05) is 61.5 Å². The molecular formula is C20H25N3O2. The van der Waals surface area contributed by atoms with E-state index in [4.69, 9.17) is 0 Å². The van der Waals surface area contributed by atoms with Crippen molar-refractivity contribution < 1.29 is 9.59 Å². The summed E-state index contributed by atoms with van der Waals surface area (Å²) in [5.41, 5.74) is 3.08. The number of carbonyl (C=O) groups excluding carboxylic acids is 2. The molecule has 0 fully saturated rings. The minimum absolute atomic E-state index is 0.0458. The topological polar surface area (TPSA) is 52.7 Å². The zero-order valence-electron chi connectivity index (χ0n) is 15.0. The van der Waals surface area contributed by atoms with Crippen molar-refractivity contribution in [3.05, 3.63) is 65.7 Å². The molecule has 5 nitrogen and oxygen atoms in total. The van der Waals surface area contributed by atoms with Crippen molar-refractivity contribution in [2.45, 2.75) is 13.5 Å². The van der Waals surface area contributed by atoms with Crippen molar-refractivity contribution in [1.29, 1.82) is 0 Å². The molecule has 2 amide bonds. The highest BCUT2D eigenvalue weighted by molar-refractivity contribution is 5.86. The molecule has 0 heterocycles. The van der Waals surface area contributed by atoms with E-state index in [9.17, 15) is 9.59 Å². The Bertz CT molecular complexity index is 714. The molecule has 0 radical (unpaired) electrons. The molecule has 132 valence electrons. The van der Waals surface area contributed by atoms with Gasteiger partial charge in [-0.15, -0.1) is 0 Å². The van der Waals surface area contributed by atoms with E-state index in [0.717, 1.165) is 16.8 Å². The maximum Gasteiger partial charge on any atom is 0.241 e. The number of anilines is 1. The van der Waals surface area contributed by atoms with Gasteiger partial charge >= 0.3 is 0 Å². The Kier molecular flexibility index (Phi) is 6.57. The molecule has 5 heteroatoms. The fourth-order valence-corrected chi connectivity index (χ4v) is 2.41. The van der Waals surface area contributed by atoms with Gasteiger partial charge in [-0.05, 0) is 30.2 Å². The van der Waals surface area contributed by atoms with Gasteiger partial charge in [0.2, 0.25) is 11.8 Å². The predicted molar refractivity (Wildman–Crippen MR) is 100 cm³/mol. The number of aryl methyl sites for hydroxylation is 1. The molecule has 2 aromatic carbocycles. The summed E-state index contributed by atoms with van der Waals surface area (Å²) < 4.78 is 0. The van der Waals surface area contributed by atoms with E-state index in [1.54, 1.807) is 19.0 Å². The first kappa shape index (κ1) is 18.5. The van der Waals surface area contributed by atoms with Crippen LogP contribution in [0.1, 0.15) is 11.1 Å². The van der Waals surface area contributed by atoms with Gasteiger partial charge in [0.15, 0.2) is 0 Å². The molecule has 0 spiro atoms. The summed E-state index contributed by atoms with van der Waals surface area (Å²) in [6, 6.07) is 17.5. The lowest BCUT2D eigenvalue weighted by molar-refractivity contribution is -0.127. The van der Waals surface area contributed by atoms with Gasteiger partial charge in [0, 0.05) is 26.3 Å². The van der Waals surface area contributed by atoms with Crippen molar-refractivity contribution in [2.75, 3.05) is 32.1 Å². The highest BCUT2D eigenvalue weighted by Gasteiger charge is 2.16. The maximum atomic E-state index is 12.4. The van der Waals surface area contributed by atoms with Crippen LogP contribution in [0.25, 0.3) is 0 Å². The Labute approximate surface area is 149 Å². The quantitative estimate of drug-likeness (QED) is 0.841. The molecule has 0 saturated carbocycles. The average molecular weight is 339 g/mol. The normalized spacial score (nSPS) is 10.2. The summed E-state index contributed by atoms with van der Waals surface area (Å²) in [6.07, 6.45) is 0. The molecule has 0 aliphatic heterocycles. The summed E-state index contributed by atoms with van der Waals surface area (Å²) in [6.45, 7) is 2.80. The van der Waals surface area contributed by atoms with Crippen LogP contribution >= 0.6 is 0 Å². The van der Waals surface area contributed by atoms with Crippen molar-refractivity contribution in [3.63, 3.8) is 0 Å². The molecule has 0 saturated heterocycles. The number of para-hydroxylation sites is 1. The van der Waals surface area contributed by atoms with Crippen molar-refractivity contribution >= 4 is 17.5 Å². The van der Waals surface area contributed by atoms with Crippen molar-refractivity contribution in [3.8, 4) is 0 Å². The Morgan fingerprint density at radius 1 is 0.920 bits per heavy atom. The molecule has 2 aromatic rings. The molecule has 0 aliphatic carbocycles. The summed E-state index contributed by atoms with van der Waals surface area (Å²) in [4.78, 5) is 27.8. The Hall–Kier alpha value is -2.82. The number of amides is 2. The second-order valence-electron chi connectivity index (χ2n) is 6.18. The predicted octanol–water partition coefficient (Wildman–Crippen LogP) is 2.21. The van der Waals surface area contributed by atoms with Crippen LogP contribution in [0.5, 0.6) is 0 Å². The van der Waals surface area contributed by atoms with Crippen LogP contribution in [0.15, 0.2) is 54.6 Å². The summed E-state index contributed by atoms with van der Waals surface area (Å²) in [5, 5.41) is 2.94. The first-order chi connectivity index (χ1) is 12.0. The first-order valence-electron chi connectivity index (χ1n) is 8.28. The number of hydrogen-bond acceptors (Lipinski definition) is 3. The van der Waals surface area contributed by atoms with E-state index in [-0.39, 0.29) is 24.9 Å². The molecule has 0 unspecified atom stereocenters. The van der Waals surface area contributed by atoms with Crippen LogP contribution in [-0.4, -0.2) is 43.9 Å². The lowest BCUT2D eigenvalue weighted by atomic mass is 10.1. The van der Waals surface area contributed by atoms with Gasteiger partial charge < -0.3 is 15.1 Å². The first-order valence-corrected chi connectivity index (χ1v) is 8.28. The molecule has 0 atom stereocenters. The number of nitrogens with zero attached hydrogens (tertiary/aromatic N) is 2. The zero-order valence-corrected chi connectivity index (χ0v) is 15.0. The fraction of sp³-hybridized carbons (Fsp3) is 0.300. The van der Waals surface area contributed by atoms with E-state index in [2.05, 4.69) is 5.32 Å². The van der Waals surface area contributed by atoms with Crippen LogP contribution in [0.2, 0.25) is 0 Å². The molecular weight excluding hydrogens is 314 g/mol. The highest BCUT2D eigenvalue weighted by atomic mass is 16.2. The standard InChI is InChI=1S/C20H25N3O2/c1-16-9-7-8-10-17(16)13-21-19(24)14-23(15-20(25)22(2)3)18-11-5-4-6-12-18/h4-12H,13-15H2,1-3H3,(H,21,24). The monoisotopic (exact) mass is 339 g/mol. The third-order valence-corrected chi connectivity index (χ3v) is 4.02. The van der Waals surface area contributed by atoms with E-state index in [0.29, 0.717) is 6.54 Å². The van der Waals surface area contributed by atoms with Crippen LogP contribution in [-0.2, 0) is 16.1 Å². The van der Waals surface area contributed by atoms with E-state index < -0.39 is 0 Å². The van der Waals surface area contributed by atoms with Gasteiger partial charge in [0.25, 0.3) is 0 Å². The SMILES string of the molecule is Cc1ccccc1CNC(=O)CN(CC(=O)N(C)C)c1ccccc1. The second-order valence-corrected chi connectivity index (χ2v) is 6.18. The van der Waals surface area contributed by atoms with Gasteiger partial charge in [0.05, 0.1) is 13.1 Å². The van der Waals surface area contributed by atoms with Crippen LogP contribution < -0.4 is 10.2 Å². The number of likely N-dealkylation sites (N-methyl/N-ethyl adjacent to an activating group) is 1. The van der Waals surface area contributed by atoms with Crippen molar-refractivity contribution in [2.24, 2.45) is 0 Å². The molecule has 1 N–H and O–H groups in total. The Morgan fingerprint density at radius 2 is 1.56 bits per heavy atom. The zero-order chi connectivity index (χ0) is 18.2. The molecule has 0 bridgehead atoms. The summed E-state index contributed by atoms with van der Waals surface area (Å²) in [7, 11) is 3.42. The van der Waals surface area contributed by atoms with Crippen LogP contribution in [0.4, 0.5) is 5.69 Å². The maximum absolute atomic E-state index is 12.4. The third kappa shape index (κ3) is 5.64. The van der Waals surface area contributed by atoms with Gasteiger partial charge in [-0.25, -0.2) is 0 Å². The van der Waals surface area contributed by atoms with E-state index in [1.165, 1.54) is 4.90 Å². The minimum Gasteiger partial charge on any atom is -0.353 e. The van der Waals surface area contributed by atoms with Gasteiger partial charge in [-0.1, -0.05) is 42.5 Å². The molecule has 2 rings (SSSR count). The second kappa shape index (κ2) is 8.87. The average Bonchev–Trinajstić information content (AvgIpc) is 2.61. The van der Waals surface area contributed by atoms with Crippen LogP contribution in [0.3, 0.4) is 0 Å². The van der Waals surface area contributed by atoms with Gasteiger partial charge in [-0.2, -0.15) is 0 Å². The Balaban J connectivity index is 2.01. The number of carbonyl (C=O) groups is 2. The smallest absolute Gasteiger partial charge is 0.241 e. The van der Waals surface area contributed by atoms with Crippen molar-refractivity contribution in [1.82, 2.24) is 10.2 Å². The Morgan fingerprint density at radius 3 is 2.20 bits per heavy atom. The van der Waals surface area contributed by atoms with Gasteiger partial charge in [-0.3, -0.25) is 9.59 Å². The van der Waals surface area contributed by atoms with E-state index >= 15 is 0 Å². The molecule has 25 heavy (non-hydrogen) atoms. The summed E-state index contributed by atoms with van der Waals surface area (Å²) in [5.74, 6) is -0.158. The molecule has 0 aromatic heterocycles. The van der Waals surface area contributed by atoms with Gasteiger partial charge in [0.1, 0.15) is 0 Å². The van der Waals surface area contributed by atoms with Crippen LogP contribution in [0, 0.1) is 6.92 Å². The number of hydrogen-bond donors (Lipinski definition) is 1. The number of rotatable bonds is 7. The third-order valence-electron chi connectivity index (χ3n) is 4.02. The molecule has 0 aliphatic rings. The lowest BCUT2D eigenvalue weighted by Crippen LogP contribution is -2.42. The minimum atomic E-state index is -0.112. The fourth-order valence-electron chi connectivity index (χ4n) is 2.41. The highest BCUT2D eigenvalue weighted by Crippen LogP contribution is 2.13.